The number of fused-ring (bicyclic) bond motifs is 3. The van der Waals surface area contributed by atoms with Gasteiger partial charge in [0.15, 0.2) is 0 Å². The molecule has 0 N–H and O–H groups in total. The first-order valence-electron chi connectivity index (χ1n) is 27.6. The van der Waals surface area contributed by atoms with Crippen molar-refractivity contribution in [2.45, 2.75) is 19.3 Å². The summed E-state index contributed by atoms with van der Waals surface area (Å²) in [5.41, 5.74) is 18.2. The Kier molecular flexibility index (Phi) is 10.0. The number of hydrogen-bond donors (Lipinski definition) is 0. The topological polar surface area (TPSA) is 6.48 Å². The van der Waals surface area contributed by atoms with Crippen molar-refractivity contribution in [3.8, 4) is 22.3 Å². The van der Waals surface area contributed by atoms with Gasteiger partial charge in [-0.2, -0.15) is 0 Å². The van der Waals surface area contributed by atoms with Crippen LogP contribution in [0.15, 0.2) is 279 Å². The van der Waals surface area contributed by atoms with Crippen LogP contribution in [0.25, 0.3) is 86.9 Å². The van der Waals surface area contributed by atoms with E-state index < -0.39 is 5.41 Å². The second kappa shape index (κ2) is 17.5. The lowest BCUT2D eigenvalue weighted by molar-refractivity contribution is 0.768. The van der Waals surface area contributed by atoms with Gasteiger partial charge in [0.1, 0.15) is 0 Å². The Hall–Kier alpha value is -10.0. The fourth-order valence-electron chi connectivity index (χ4n) is 13.7. The highest BCUT2D eigenvalue weighted by atomic mass is 15.2. The molecular weight excluding hydrogens is 953 g/mol. The van der Waals surface area contributed by atoms with E-state index in [4.69, 9.17) is 0 Å². The van der Waals surface area contributed by atoms with Crippen LogP contribution in [0.4, 0.5) is 34.1 Å². The molecule has 0 bridgehead atoms. The molecule has 1 aliphatic rings. The number of nitrogens with zero attached hydrogens (tertiary/aromatic N) is 2. The van der Waals surface area contributed by atoms with Crippen LogP contribution in [0.3, 0.4) is 0 Å². The summed E-state index contributed by atoms with van der Waals surface area (Å²) in [5, 5.41) is 15.1. The molecule has 370 valence electrons. The van der Waals surface area contributed by atoms with Gasteiger partial charge < -0.3 is 9.80 Å². The van der Waals surface area contributed by atoms with Gasteiger partial charge in [0.25, 0.3) is 0 Å². The number of benzene rings is 15. The maximum atomic E-state index is 2.52. The molecule has 0 amide bonds. The standard InChI is InChI=1S/C77H52N2/c1-49-25-37-61(38-26-49)78(71-45-57-19-9-15-53-29-31-55-17-11-23-67(71)75(55)73(53)57)63-41-43-65-66-44-42-64(48-70(66)77(69(65)47-63,59-21-7-4-8-22-59)60-35-33-52(34-36-60)51-13-5-3-6-14-51)79(62-39-27-50(2)28-40-62)72-46-58-20-10-16-54-30-32-56-18-12-24-68(72)76(56)74(54)58/h3-48H,1-2H3. The van der Waals surface area contributed by atoms with Gasteiger partial charge >= 0.3 is 0 Å². The SMILES string of the molecule is Cc1ccc(N(c2ccc3c(c2)C(c2ccccc2)(c2ccc(-c4ccccc4)cc2)c2cc(N(c4ccc(C)cc4)c4cc5cccc6ccc7cccc4c7c65)ccc2-3)c2cc3cccc4ccc5cccc2c5c43)cc1. The van der Waals surface area contributed by atoms with Crippen LogP contribution in [-0.2, 0) is 5.41 Å². The number of anilines is 6. The van der Waals surface area contributed by atoms with Crippen molar-refractivity contribution in [2.24, 2.45) is 0 Å². The number of hydrogen-bond acceptors (Lipinski definition) is 2. The molecule has 0 aromatic heterocycles. The van der Waals surface area contributed by atoms with Crippen molar-refractivity contribution in [1.29, 1.82) is 0 Å². The first kappa shape index (κ1) is 45.2. The molecule has 15 aromatic rings. The van der Waals surface area contributed by atoms with Crippen molar-refractivity contribution in [2.75, 3.05) is 9.80 Å². The second-order valence-electron chi connectivity index (χ2n) is 21.7. The maximum Gasteiger partial charge on any atom is 0.0715 e. The van der Waals surface area contributed by atoms with Gasteiger partial charge in [0.05, 0.1) is 16.8 Å². The summed E-state index contributed by atoms with van der Waals surface area (Å²) >= 11 is 0. The van der Waals surface area contributed by atoms with Crippen LogP contribution < -0.4 is 9.80 Å². The maximum absolute atomic E-state index is 2.52. The molecule has 1 aliphatic carbocycles. The lowest BCUT2D eigenvalue weighted by atomic mass is 9.67. The summed E-state index contributed by atoms with van der Waals surface area (Å²) in [7, 11) is 0. The van der Waals surface area contributed by atoms with Crippen LogP contribution in [0, 0.1) is 13.8 Å². The lowest BCUT2D eigenvalue weighted by Gasteiger charge is -2.36. The van der Waals surface area contributed by atoms with E-state index in [-0.39, 0.29) is 0 Å². The van der Waals surface area contributed by atoms with Crippen molar-refractivity contribution in [1.82, 2.24) is 0 Å². The minimum atomic E-state index is -0.747. The summed E-state index contributed by atoms with van der Waals surface area (Å²) in [6.45, 7) is 4.35. The van der Waals surface area contributed by atoms with E-state index in [1.165, 1.54) is 120 Å². The van der Waals surface area contributed by atoms with Crippen molar-refractivity contribution in [3.05, 3.63) is 312 Å². The predicted molar refractivity (Wildman–Crippen MR) is 335 cm³/mol. The van der Waals surface area contributed by atoms with Gasteiger partial charge in [0.2, 0.25) is 0 Å². The highest BCUT2D eigenvalue weighted by Crippen LogP contribution is 2.59. The highest BCUT2D eigenvalue weighted by molar-refractivity contribution is 6.28. The van der Waals surface area contributed by atoms with Crippen LogP contribution >= 0.6 is 0 Å². The Balaban J connectivity index is 0.983. The zero-order valence-electron chi connectivity index (χ0n) is 44.0. The fourth-order valence-corrected chi connectivity index (χ4v) is 13.7. The summed E-state index contributed by atoms with van der Waals surface area (Å²) < 4.78 is 0. The van der Waals surface area contributed by atoms with Gasteiger partial charge in [-0.05, 0) is 173 Å². The smallest absolute Gasteiger partial charge is 0.0715 e. The first-order chi connectivity index (χ1) is 39.0. The van der Waals surface area contributed by atoms with Gasteiger partial charge in [-0.3, -0.25) is 0 Å². The molecule has 0 radical (unpaired) electrons. The largest absolute Gasteiger partial charge is 0.310 e. The Morgan fingerprint density at radius 3 is 1.11 bits per heavy atom. The van der Waals surface area contributed by atoms with Gasteiger partial charge in [0, 0.05) is 33.5 Å². The van der Waals surface area contributed by atoms with E-state index in [1.54, 1.807) is 0 Å². The molecule has 79 heavy (non-hydrogen) atoms. The van der Waals surface area contributed by atoms with Crippen molar-refractivity contribution < 1.29 is 0 Å². The van der Waals surface area contributed by atoms with Crippen LogP contribution in [0.5, 0.6) is 0 Å². The average Bonchev–Trinajstić information content (AvgIpc) is 3.70. The molecule has 0 aliphatic heterocycles. The Labute approximate surface area is 460 Å². The third kappa shape index (κ3) is 6.84. The quantitative estimate of drug-likeness (QED) is 0.133. The number of aryl methyl sites for hydroxylation is 2. The van der Waals surface area contributed by atoms with Gasteiger partial charge in [-0.15, -0.1) is 0 Å². The minimum Gasteiger partial charge on any atom is -0.310 e. The van der Waals surface area contributed by atoms with E-state index in [9.17, 15) is 0 Å². The van der Waals surface area contributed by atoms with Crippen LogP contribution in [0.1, 0.15) is 33.4 Å². The summed E-state index contributed by atoms with van der Waals surface area (Å²) in [6.07, 6.45) is 0. The van der Waals surface area contributed by atoms with Gasteiger partial charge in [-0.25, -0.2) is 0 Å². The average molecular weight is 1010 g/mol. The highest BCUT2D eigenvalue weighted by Gasteiger charge is 2.47. The van der Waals surface area contributed by atoms with Gasteiger partial charge in [-0.1, -0.05) is 230 Å². The zero-order valence-corrected chi connectivity index (χ0v) is 44.0. The van der Waals surface area contributed by atoms with Crippen LogP contribution in [0.2, 0.25) is 0 Å². The molecule has 15 aromatic carbocycles. The minimum absolute atomic E-state index is 0.747. The number of rotatable bonds is 9. The van der Waals surface area contributed by atoms with E-state index in [0.29, 0.717) is 0 Å². The Morgan fingerprint density at radius 1 is 0.266 bits per heavy atom. The summed E-state index contributed by atoms with van der Waals surface area (Å²) in [4.78, 5) is 5.03. The van der Waals surface area contributed by atoms with Crippen LogP contribution in [-0.4, -0.2) is 0 Å². The molecule has 2 heteroatoms. The molecule has 16 rings (SSSR count). The van der Waals surface area contributed by atoms with E-state index >= 15 is 0 Å². The van der Waals surface area contributed by atoms with E-state index in [1.807, 2.05) is 0 Å². The van der Waals surface area contributed by atoms with E-state index in [0.717, 1.165) is 34.1 Å². The molecule has 0 heterocycles. The normalized spacial score (nSPS) is 12.8. The predicted octanol–water partition coefficient (Wildman–Crippen LogP) is 21.1. The molecule has 0 saturated carbocycles. The molecular formula is C77H52N2. The van der Waals surface area contributed by atoms with Crippen molar-refractivity contribution in [3.63, 3.8) is 0 Å². The Bertz CT molecular complexity index is 4580. The summed E-state index contributed by atoms with van der Waals surface area (Å²) in [5.74, 6) is 0. The second-order valence-corrected chi connectivity index (χ2v) is 21.7. The van der Waals surface area contributed by atoms with E-state index in [2.05, 4.69) is 303 Å². The molecule has 0 spiro atoms. The first-order valence-corrected chi connectivity index (χ1v) is 27.6. The summed E-state index contributed by atoms with van der Waals surface area (Å²) in [6, 6.07) is 105. The van der Waals surface area contributed by atoms with Crippen molar-refractivity contribution >= 4 is 98.8 Å². The molecule has 0 fully saturated rings. The fraction of sp³-hybridized carbons (Fsp3) is 0.0390. The molecule has 2 nitrogen and oxygen atoms in total. The molecule has 0 saturated heterocycles. The Morgan fingerprint density at radius 2 is 0.646 bits per heavy atom. The lowest BCUT2D eigenvalue weighted by Crippen LogP contribution is -2.29. The molecule has 0 unspecified atom stereocenters. The zero-order chi connectivity index (χ0) is 52.3. The monoisotopic (exact) mass is 1000 g/mol. The third-order valence-corrected chi connectivity index (χ3v) is 17.3. The third-order valence-electron chi connectivity index (χ3n) is 17.3. The molecule has 0 atom stereocenters.